The summed E-state index contributed by atoms with van der Waals surface area (Å²) in [6.07, 6.45) is -4.53. The number of rotatable bonds is 3. The number of anilines is 2. The zero-order valence-corrected chi connectivity index (χ0v) is 18.9. The van der Waals surface area contributed by atoms with E-state index in [1.807, 2.05) is 35.2 Å². The van der Waals surface area contributed by atoms with Crippen LogP contribution in [0.5, 0.6) is 11.5 Å². The monoisotopic (exact) mass is 505 g/mol. The van der Waals surface area contributed by atoms with Crippen molar-refractivity contribution in [1.29, 1.82) is 0 Å². The number of hydrogen-bond acceptors (Lipinski definition) is 6. The molecule has 12 heteroatoms. The van der Waals surface area contributed by atoms with Crippen molar-refractivity contribution in [2.24, 2.45) is 0 Å². The maximum absolute atomic E-state index is 13.0. The molecule has 2 aliphatic heterocycles. The Labute approximate surface area is 203 Å². The second-order valence-electron chi connectivity index (χ2n) is 7.94. The van der Waals surface area contributed by atoms with Crippen molar-refractivity contribution in [1.82, 2.24) is 15.1 Å². The Bertz CT molecular complexity index is 1250. The topological polar surface area (TPSA) is 79.8 Å². The zero-order chi connectivity index (χ0) is 24.6. The molecule has 182 valence electrons. The summed E-state index contributed by atoms with van der Waals surface area (Å²) in [5.74, 6) is 2.01. The van der Waals surface area contributed by atoms with Crippen molar-refractivity contribution >= 4 is 29.1 Å². The van der Waals surface area contributed by atoms with Crippen molar-refractivity contribution < 1.29 is 27.4 Å². The lowest BCUT2D eigenvalue weighted by molar-refractivity contribution is -0.137. The molecule has 1 saturated heterocycles. The number of hydrogen-bond donors (Lipinski definition) is 1. The first kappa shape index (κ1) is 23.0. The molecule has 2 aliphatic rings. The van der Waals surface area contributed by atoms with E-state index < -0.39 is 17.8 Å². The molecule has 0 radical (unpaired) electrons. The van der Waals surface area contributed by atoms with Crippen LogP contribution in [0.4, 0.5) is 29.5 Å². The van der Waals surface area contributed by atoms with Crippen LogP contribution in [0.2, 0.25) is 5.02 Å². The number of amides is 2. The number of piperazine rings is 1. The number of carbonyl (C=O) groups excluding carboxylic acids is 1. The number of alkyl halides is 3. The Morgan fingerprint density at radius 2 is 1.71 bits per heavy atom. The summed E-state index contributed by atoms with van der Waals surface area (Å²) in [5, 5.41) is 11.1. The fourth-order valence-corrected chi connectivity index (χ4v) is 4.00. The van der Waals surface area contributed by atoms with Gasteiger partial charge in [0, 0.05) is 31.7 Å². The smallest absolute Gasteiger partial charge is 0.416 e. The summed E-state index contributed by atoms with van der Waals surface area (Å²) in [5.41, 5.74) is 0.565. The molecule has 5 rings (SSSR count). The SMILES string of the molecule is O=C(Nc1cc(C(F)(F)F)ccc1Cl)N1CCN(c2ccc(-c3ccc4c(c3)OCO4)nn2)CC1. The summed E-state index contributed by atoms with van der Waals surface area (Å²) in [4.78, 5) is 16.1. The van der Waals surface area contributed by atoms with Gasteiger partial charge in [0.25, 0.3) is 0 Å². The van der Waals surface area contributed by atoms with Crippen LogP contribution in [-0.4, -0.2) is 54.1 Å². The van der Waals surface area contributed by atoms with Gasteiger partial charge in [-0.3, -0.25) is 0 Å². The molecule has 2 aromatic carbocycles. The lowest BCUT2D eigenvalue weighted by Gasteiger charge is -2.35. The van der Waals surface area contributed by atoms with E-state index in [-0.39, 0.29) is 17.5 Å². The minimum Gasteiger partial charge on any atom is -0.454 e. The minimum absolute atomic E-state index is 0.0304. The number of nitrogens with zero attached hydrogens (tertiary/aromatic N) is 4. The minimum atomic E-state index is -4.53. The summed E-state index contributed by atoms with van der Waals surface area (Å²) in [6, 6.07) is 11.6. The fraction of sp³-hybridized carbons (Fsp3) is 0.261. The van der Waals surface area contributed by atoms with Gasteiger partial charge in [0.2, 0.25) is 6.79 Å². The number of ether oxygens (including phenoxy) is 2. The number of nitrogens with one attached hydrogen (secondary N) is 1. The van der Waals surface area contributed by atoms with Gasteiger partial charge in [0.15, 0.2) is 17.3 Å². The van der Waals surface area contributed by atoms with Gasteiger partial charge < -0.3 is 24.6 Å². The van der Waals surface area contributed by atoms with E-state index in [1.54, 1.807) is 0 Å². The summed E-state index contributed by atoms with van der Waals surface area (Å²) >= 11 is 5.98. The first-order valence-electron chi connectivity index (χ1n) is 10.7. The van der Waals surface area contributed by atoms with Crippen molar-refractivity contribution in [3.05, 3.63) is 59.1 Å². The van der Waals surface area contributed by atoms with E-state index in [4.69, 9.17) is 21.1 Å². The van der Waals surface area contributed by atoms with Gasteiger partial charge in [-0.25, -0.2) is 4.79 Å². The average Bonchev–Trinajstić information content (AvgIpc) is 3.33. The Balaban J connectivity index is 1.19. The first-order valence-corrected chi connectivity index (χ1v) is 11.1. The van der Waals surface area contributed by atoms with Crippen LogP contribution >= 0.6 is 11.6 Å². The molecular weight excluding hydrogens is 487 g/mol. The van der Waals surface area contributed by atoms with Crippen LogP contribution in [0, 0.1) is 0 Å². The van der Waals surface area contributed by atoms with Crippen molar-refractivity contribution in [2.75, 3.05) is 43.2 Å². The summed E-state index contributed by atoms with van der Waals surface area (Å²) < 4.78 is 49.7. The molecule has 8 nitrogen and oxygen atoms in total. The Morgan fingerprint density at radius 3 is 2.43 bits per heavy atom. The molecule has 0 saturated carbocycles. The van der Waals surface area contributed by atoms with Crippen molar-refractivity contribution in [3.63, 3.8) is 0 Å². The van der Waals surface area contributed by atoms with E-state index in [1.165, 1.54) is 4.90 Å². The third-order valence-corrected chi connectivity index (χ3v) is 6.07. The third-order valence-electron chi connectivity index (χ3n) is 5.74. The molecule has 3 aromatic rings. The molecule has 0 spiro atoms. The zero-order valence-electron chi connectivity index (χ0n) is 18.2. The predicted octanol–water partition coefficient (Wildman–Crippen LogP) is 4.90. The van der Waals surface area contributed by atoms with E-state index >= 15 is 0 Å². The van der Waals surface area contributed by atoms with Crippen LogP contribution in [-0.2, 0) is 6.18 Å². The third kappa shape index (κ3) is 4.90. The van der Waals surface area contributed by atoms with Crippen LogP contribution in [0.3, 0.4) is 0 Å². The second-order valence-corrected chi connectivity index (χ2v) is 8.35. The number of benzene rings is 2. The maximum atomic E-state index is 13.0. The molecule has 1 N–H and O–H groups in total. The molecule has 1 aromatic heterocycles. The highest BCUT2D eigenvalue weighted by Crippen LogP contribution is 2.36. The van der Waals surface area contributed by atoms with Gasteiger partial charge in [-0.05, 0) is 48.5 Å². The number of carbonyl (C=O) groups is 1. The molecule has 0 unspecified atom stereocenters. The highest BCUT2D eigenvalue weighted by molar-refractivity contribution is 6.33. The van der Waals surface area contributed by atoms with E-state index in [2.05, 4.69) is 15.5 Å². The molecule has 0 bridgehead atoms. The lowest BCUT2D eigenvalue weighted by atomic mass is 10.1. The van der Waals surface area contributed by atoms with Gasteiger partial charge in [0.1, 0.15) is 0 Å². The van der Waals surface area contributed by atoms with Crippen LogP contribution in [0.15, 0.2) is 48.5 Å². The molecular formula is C23H19ClF3N5O3. The molecule has 0 aliphatic carbocycles. The molecule has 1 fully saturated rings. The molecule has 0 atom stereocenters. The quantitative estimate of drug-likeness (QED) is 0.545. The maximum Gasteiger partial charge on any atom is 0.416 e. The van der Waals surface area contributed by atoms with Gasteiger partial charge in [-0.1, -0.05) is 11.6 Å². The standard InChI is InChI=1S/C23H19ClF3N5O3/c24-16-3-2-15(23(25,26)27)12-18(16)28-22(33)32-9-7-31(8-10-32)21-6-4-17(29-30-21)14-1-5-19-20(11-14)35-13-34-19/h1-6,11-12H,7-10,13H2,(H,28,33). The Morgan fingerprint density at radius 1 is 0.943 bits per heavy atom. The number of fused-ring (bicyclic) bond motifs is 1. The number of urea groups is 1. The number of aromatic nitrogens is 2. The van der Waals surface area contributed by atoms with Crippen molar-refractivity contribution in [2.45, 2.75) is 6.18 Å². The largest absolute Gasteiger partial charge is 0.454 e. The second kappa shape index (κ2) is 9.14. The van der Waals surface area contributed by atoms with Gasteiger partial charge >= 0.3 is 12.2 Å². The number of halogens is 4. The van der Waals surface area contributed by atoms with E-state index in [0.29, 0.717) is 49.2 Å². The molecule has 2 amide bonds. The van der Waals surface area contributed by atoms with Crippen LogP contribution < -0.4 is 19.7 Å². The van der Waals surface area contributed by atoms with E-state index in [9.17, 15) is 18.0 Å². The van der Waals surface area contributed by atoms with Gasteiger partial charge in [-0.15, -0.1) is 10.2 Å². The predicted molar refractivity (Wildman–Crippen MR) is 123 cm³/mol. The lowest BCUT2D eigenvalue weighted by Crippen LogP contribution is -2.50. The first-order chi connectivity index (χ1) is 16.8. The highest BCUT2D eigenvalue weighted by atomic mass is 35.5. The Kier molecular flexibility index (Phi) is 6.01. The Hall–Kier alpha value is -3.73. The summed E-state index contributed by atoms with van der Waals surface area (Å²) in [6.45, 7) is 1.88. The average molecular weight is 506 g/mol. The highest BCUT2D eigenvalue weighted by Gasteiger charge is 2.31. The van der Waals surface area contributed by atoms with Crippen LogP contribution in [0.1, 0.15) is 5.56 Å². The van der Waals surface area contributed by atoms with Crippen LogP contribution in [0.25, 0.3) is 11.3 Å². The van der Waals surface area contributed by atoms with Gasteiger partial charge in [0.05, 0.1) is 22.0 Å². The summed E-state index contributed by atoms with van der Waals surface area (Å²) in [7, 11) is 0. The van der Waals surface area contributed by atoms with Gasteiger partial charge in [-0.2, -0.15) is 13.2 Å². The van der Waals surface area contributed by atoms with E-state index in [0.717, 1.165) is 23.8 Å². The molecule has 35 heavy (non-hydrogen) atoms. The molecule has 3 heterocycles. The van der Waals surface area contributed by atoms with Crippen molar-refractivity contribution in [3.8, 4) is 22.8 Å². The fourth-order valence-electron chi connectivity index (χ4n) is 3.83. The normalized spacial score (nSPS) is 15.3.